The van der Waals surface area contributed by atoms with Gasteiger partial charge in [-0.3, -0.25) is 4.79 Å². The van der Waals surface area contributed by atoms with Gasteiger partial charge in [0, 0.05) is 29.7 Å². The molecular formula is C21H23ClN6O. The molecule has 0 aliphatic carbocycles. The Morgan fingerprint density at radius 3 is 2.55 bits per heavy atom. The van der Waals surface area contributed by atoms with Crippen LogP contribution in [-0.4, -0.2) is 49.7 Å². The first-order chi connectivity index (χ1) is 14.0. The van der Waals surface area contributed by atoms with E-state index in [2.05, 4.69) is 20.0 Å². The van der Waals surface area contributed by atoms with Crippen LogP contribution in [0.5, 0.6) is 0 Å². The third-order valence-electron chi connectivity index (χ3n) is 4.88. The number of rotatable bonds is 6. The third-order valence-corrected chi connectivity index (χ3v) is 5.14. The molecule has 0 saturated carbocycles. The monoisotopic (exact) mass is 410 g/mol. The molecule has 0 fully saturated rings. The minimum absolute atomic E-state index is 0.0749. The Bertz CT molecular complexity index is 1230. The Morgan fingerprint density at radius 2 is 1.86 bits per heavy atom. The molecule has 3 aromatic heterocycles. The van der Waals surface area contributed by atoms with Crippen LogP contribution in [0.25, 0.3) is 27.9 Å². The zero-order chi connectivity index (χ0) is 20.5. The van der Waals surface area contributed by atoms with E-state index in [1.807, 2.05) is 57.5 Å². The fraction of sp³-hybridized carbons (Fsp3) is 0.333. The zero-order valence-electron chi connectivity index (χ0n) is 16.8. The molecule has 3 heterocycles. The average Bonchev–Trinajstić information content (AvgIpc) is 3.11. The lowest BCUT2D eigenvalue weighted by atomic mass is 10.1. The quantitative estimate of drug-likeness (QED) is 0.488. The van der Waals surface area contributed by atoms with Crippen LogP contribution >= 0.6 is 11.6 Å². The molecule has 0 aliphatic rings. The van der Waals surface area contributed by atoms with Crippen molar-refractivity contribution < 1.29 is 0 Å². The van der Waals surface area contributed by atoms with Gasteiger partial charge in [0.1, 0.15) is 0 Å². The number of aromatic nitrogens is 5. The molecule has 4 rings (SSSR count). The van der Waals surface area contributed by atoms with Gasteiger partial charge < -0.3 is 9.47 Å². The van der Waals surface area contributed by atoms with Gasteiger partial charge >= 0.3 is 0 Å². The van der Waals surface area contributed by atoms with Crippen molar-refractivity contribution in [1.29, 1.82) is 0 Å². The summed E-state index contributed by atoms with van der Waals surface area (Å²) >= 11 is 6.08. The number of pyridine rings is 1. The summed E-state index contributed by atoms with van der Waals surface area (Å²) in [5.41, 5.74) is 2.09. The molecule has 0 spiro atoms. The first kappa shape index (κ1) is 19.5. The maximum absolute atomic E-state index is 13.4. The summed E-state index contributed by atoms with van der Waals surface area (Å²) in [6.45, 7) is 3.55. The highest BCUT2D eigenvalue weighted by molar-refractivity contribution is 6.30. The van der Waals surface area contributed by atoms with Gasteiger partial charge in [-0.1, -0.05) is 30.7 Å². The van der Waals surface area contributed by atoms with E-state index in [0.717, 1.165) is 18.5 Å². The zero-order valence-corrected chi connectivity index (χ0v) is 17.5. The second-order valence-corrected chi connectivity index (χ2v) is 7.73. The van der Waals surface area contributed by atoms with Gasteiger partial charge in [-0.05, 0) is 45.3 Å². The Labute approximate surface area is 173 Å². The van der Waals surface area contributed by atoms with Gasteiger partial charge in [0.05, 0.1) is 16.6 Å². The summed E-state index contributed by atoms with van der Waals surface area (Å²) in [7, 11) is 4.05. The first-order valence-electron chi connectivity index (χ1n) is 9.67. The van der Waals surface area contributed by atoms with Crippen LogP contribution in [0.3, 0.4) is 0 Å². The van der Waals surface area contributed by atoms with E-state index in [-0.39, 0.29) is 5.56 Å². The Balaban J connectivity index is 1.98. The smallest absolute Gasteiger partial charge is 0.262 e. The van der Waals surface area contributed by atoms with Gasteiger partial charge in [-0.25, -0.2) is 4.98 Å². The standard InChI is InChI=1S/C21H23ClN6O/c1-4-17-24-21-23-16-10-13-27(12-5-11-26(2)3)20(29)18(16)19(28(21)25-17)14-6-8-15(22)9-7-14/h6-10,13H,4-5,11-12H2,1-3H3. The molecule has 0 aliphatic heterocycles. The van der Waals surface area contributed by atoms with Crippen LogP contribution in [0.2, 0.25) is 5.02 Å². The minimum atomic E-state index is -0.0749. The lowest BCUT2D eigenvalue weighted by molar-refractivity contribution is 0.385. The highest BCUT2D eigenvalue weighted by Gasteiger charge is 2.18. The van der Waals surface area contributed by atoms with Crippen LogP contribution in [0.15, 0.2) is 41.3 Å². The second-order valence-electron chi connectivity index (χ2n) is 7.29. The summed E-state index contributed by atoms with van der Waals surface area (Å²) in [5.74, 6) is 1.18. The van der Waals surface area contributed by atoms with Crippen molar-refractivity contribution in [2.45, 2.75) is 26.3 Å². The van der Waals surface area contributed by atoms with Gasteiger partial charge in [-0.2, -0.15) is 9.50 Å². The fourth-order valence-corrected chi connectivity index (χ4v) is 3.55. The summed E-state index contributed by atoms with van der Waals surface area (Å²) in [6, 6.07) is 9.29. The summed E-state index contributed by atoms with van der Waals surface area (Å²) in [6.07, 6.45) is 3.38. The number of nitrogens with zero attached hydrogens (tertiary/aromatic N) is 6. The maximum atomic E-state index is 13.4. The molecule has 0 radical (unpaired) electrons. The summed E-state index contributed by atoms with van der Waals surface area (Å²) in [5, 5.41) is 5.77. The second kappa shape index (κ2) is 7.93. The maximum Gasteiger partial charge on any atom is 0.262 e. The lowest BCUT2D eigenvalue weighted by Crippen LogP contribution is -2.23. The fourth-order valence-electron chi connectivity index (χ4n) is 3.42. The molecule has 150 valence electrons. The molecule has 1 aromatic carbocycles. The number of halogens is 1. The highest BCUT2D eigenvalue weighted by atomic mass is 35.5. The number of hydrogen-bond acceptors (Lipinski definition) is 5. The van der Waals surface area contributed by atoms with E-state index in [9.17, 15) is 4.79 Å². The molecule has 0 atom stereocenters. The van der Waals surface area contributed by atoms with E-state index in [1.54, 1.807) is 9.08 Å². The molecule has 4 aromatic rings. The first-order valence-corrected chi connectivity index (χ1v) is 10.0. The van der Waals surface area contributed by atoms with Crippen molar-refractivity contribution in [2.75, 3.05) is 20.6 Å². The molecule has 0 N–H and O–H groups in total. The largest absolute Gasteiger partial charge is 0.315 e. The molecule has 7 nitrogen and oxygen atoms in total. The topological polar surface area (TPSA) is 68.3 Å². The Hall–Kier alpha value is -2.77. The van der Waals surface area contributed by atoms with E-state index in [1.165, 1.54) is 0 Å². The van der Waals surface area contributed by atoms with Gasteiger partial charge in [0.25, 0.3) is 11.3 Å². The van der Waals surface area contributed by atoms with Crippen molar-refractivity contribution in [1.82, 2.24) is 29.0 Å². The molecule has 0 bridgehead atoms. The van der Waals surface area contributed by atoms with Crippen LogP contribution in [0, 0.1) is 0 Å². The summed E-state index contributed by atoms with van der Waals surface area (Å²) < 4.78 is 3.42. The van der Waals surface area contributed by atoms with E-state index in [4.69, 9.17) is 11.6 Å². The average molecular weight is 411 g/mol. The van der Waals surface area contributed by atoms with Gasteiger partial charge in [-0.15, -0.1) is 5.10 Å². The van der Waals surface area contributed by atoms with Crippen molar-refractivity contribution in [3.63, 3.8) is 0 Å². The van der Waals surface area contributed by atoms with Gasteiger partial charge in [0.15, 0.2) is 5.82 Å². The van der Waals surface area contributed by atoms with Crippen LogP contribution < -0.4 is 5.56 Å². The van der Waals surface area contributed by atoms with E-state index in [0.29, 0.717) is 46.2 Å². The van der Waals surface area contributed by atoms with Crippen molar-refractivity contribution in [3.8, 4) is 11.3 Å². The minimum Gasteiger partial charge on any atom is -0.315 e. The molecule has 0 amide bonds. The molecule has 8 heteroatoms. The number of aryl methyl sites for hydroxylation is 2. The summed E-state index contributed by atoms with van der Waals surface area (Å²) in [4.78, 5) is 24.6. The normalized spacial score (nSPS) is 11.8. The Kier molecular flexibility index (Phi) is 5.34. The van der Waals surface area contributed by atoms with Crippen LogP contribution in [0.1, 0.15) is 19.2 Å². The SMILES string of the molecule is CCc1nc2nc3ccn(CCCN(C)C)c(=O)c3c(-c3ccc(Cl)cc3)n2n1. The van der Waals surface area contributed by atoms with E-state index >= 15 is 0 Å². The lowest BCUT2D eigenvalue weighted by Gasteiger charge is -2.13. The third kappa shape index (κ3) is 3.75. The van der Waals surface area contributed by atoms with Gasteiger partial charge in [0.2, 0.25) is 0 Å². The number of fused-ring (bicyclic) bond motifs is 2. The molecule has 0 unspecified atom stereocenters. The predicted molar refractivity (Wildman–Crippen MR) is 116 cm³/mol. The van der Waals surface area contributed by atoms with Crippen molar-refractivity contribution in [2.24, 2.45) is 0 Å². The Morgan fingerprint density at radius 1 is 1.10 bits per heavy atom. The van der Waals surface area contributed by atoms with Crippen LogP contribution in [0.4, 0.5) is 0 Å². The molecular weight excluding hydrogens is 388 g/mol. The van der Waals surface area contributed by atoms with Crippen molar-refractivity contribution >= 4 is 28.3 Å². The van der Waals surface area contributed by atoms with Crippen molar-refractivity contribution in [3.05, 3.63) is 57.7 Å². The highest BCUT2D eigenvalue weighted by Crippen LogP contribution is 2.27. The number of hydrogen-bond donors (Lipinski definition) is 0. The molecule has 29 heavy (non-hydrogen) atoms. The predicted octanol–water partition coefficient (Wildman–Crippen LogP) is 3.27. The number of benzene rings is 1. The van der Waals surface area contributed by atoms with Crippen LogP contribution in [-0.2, 0) is 13.0 Å². The molecule has 0 saturated heterocycles. The van der Waals surface area contributed by atoms with E-state index < -0.39 is 0 Å².